The van der Waals surface area contributed by atoms with E-state index in [2.05, 4.69) is 26.1 Å². The van der Waals surface area contributed by atoms with Crippen molar-refractivity contribution in [2.75, 3.05) is 26.8 Å². The van der Waals surface area contributed by atoms with E-state index in [9.17, 15) is 9.59 Å². The summed E-state index contributed by atoms with van der Waals surface area (Å²) in [5, 5.41) is 12.5. The molecule has 2 atom stereocenters. The van der Waals surface area contributed by atoms with Gasteiger partial charge in [0.25, 0.3) is 0 Å². The monoisotopic (exact) mass is 340 g/mol. The van der Waals surface area contributed by atoms with E-state index in [-0.39, 0.29) is 18.4 Å². The molecule has 1 fully saturated rings. The van der Waals surface area contributed by atoms with Crippen LogP contribution in [0, 0.1) is 0 Å². The van der Waals surface area contributed by atoms with Crippen molar-refractivity contribution in [2.24, 2.45) is 5.73 Å². The van der Waals surface area contributed by atoms with Crippen LogP contribution in [0.25, 0.3) is 0 Å². The molecule has 0 unspecified atom stereocenters. The number of urea groups is 1. The van der Waals surface area contributed by atoms with E-state index < -0.39 is 18.0 Å². The summed E-state index contributed by atoms with van der Waals surface area (Å²) >= 11 is 0. The van der Waals surface area contributed by atoms with Crippen LogP contribution in [0.4, 0.5) is 4.79 Å². The van der Waals surface area contributed by atoms with Crippen molar-refractivity contribution >= 4 is 11.9 Å². The molecule has 0 saturated carbocycles. The van der Waals surface area contributed by atoms with Crippen LogP contribution in [-0.2, 0) is 9.53 Å². The predicted molar refractivity (Wildman–Crippen MR) is 83.9 cm³/mol. The lowest BCUT2D eigenvalue weighted by Crippen LogP contribution is -2.40. The first-order valence-corrected chi connectivity index (χ1v) is 7.98. The average molecular weight is 340 g/mol. The van der Waals surface area contributed by atoms with E-state index in [1.807, 2.05) is 0 Å². The van der Waals surface area contributed by atoms with Crippen LogP contribution in [0.1, 0.15) is 49.5 Å². The average Bonchev–Trinajstić information content (AvgIpc) is 3.05. The van der Waals surface area contributed by atoms with Crippen molar-refractivity contribution in [3.05, 3.63) is 11.7 Å². The summed E-state index contributed by atoms with van der Waals surface area (Å²) in [5.74, 6) is 0.117. The van der Waals surface area contributed by atoms with Crippen LogP contribution in [-0.4, -0.2) is 48.9 Å². The number of nitrogens with zero attached hydrogens (tertiary/aromatic N) is 2. The first-order chi connectivity index (χ1) is 11.6. The summed E-state index contributed by atoms with van der Waals surface area (Å²) in [7, 11) is 1.54. The van der Waals surface area contributed by atoms with Gasteiger partial charge in [0.1, 0.15) is 6.04 Å². The number of piperidine rings is 1. The van der Waals surface area contributed by atoms with Crippen molar-refractivity contribution in [1.29, 1.82) is 0 Å². The van der Waals surface area contributed by atoms with Gasteiger partial charge in [0.15, 0.2) is 5.82 Å². The highest BCUT2D eigenvalue weighted by molar-refractivity contribution is 5.77. The summed E-state index contributed by atoms with van der Waals surface area (Å²) in [6, 6.07) is -1.20. The van der Waals surface area contributed by atoms with Crippen LogP contribution in [0.3, 0.4) is 0 Å². The molecule has 0 radical (unpaired) electrons. The molecule has 3 amide bonds. The lowest BCUT2D eigenvalue weighted by molar-refractivity contribution is -0.118. The first kappa shape index (κ1) is 18.1. The number of aromatic nitrogens is 2. The first-order valence-electron chi connectivity index (χ1n) is 7.98. The Kier molecular flexibility index (Phi) is 6.94. The zero-order chi connectivity index (χ0) is 17.4. The van der Waals surface area contributed by atoms with Gasteiger partial charge in [-0.3, -0.25) is 4.79 Å². The molecule has 1 saturated heterocycles. The van der Waals surface area contributed by atoms with Crippen LogP contribution in [0.5, 0.6) is 0 Å². The fourth-order valence-electron chi connectivity index (χ4n) is 2.48. The highest BCUT2D eigenvalue weighted by Gasteiger charge is 2.26. The number of carbonyl (C=O) groups excluding carboxylic acids is 2. The Bertz CT molecular complexity index is 543. The van der Waals surface area contributed by atoms with Gasteiger partial charge < -0.3 is 30.9 Å². The molecule has 134 valence electrons. The molecule has 10 nitrogen and oxygen atoms in total. The van der Waals surface area contributed by atoms with Crippen LogP contribution in [0.15, 0.2) is 4.52 Å². The minimum absolute atomic E-state index is 0.0287. The number of amides is 3. The Hall–Kier alpha value is -2.20. The smallest absolute Gasteiger partial charge is 0.315 e. The third kappa shape index (κ3) is 5.46. The van der Waals surface area contributed by atoms with E-state index in [0.29, 0.717) is 19.0 Å². The number of rotatable bonds is 8. The van der Waals surface area contributed by atoms with E-state index in [4.69, 9.17) is 15.0 Å². The lowest BCUT2D eigenvalue weighted by atomic mass is 10.0. The Morgan fingerprint density at radius 3 is 3.00 bits per heavy atom. The standard InChI is InChI=1S/C14H24N6O4/c1-23-7-6-17-14(22)18-10(8-11(15)21)13-19-12(20-24-13)9-4-2-3-5-16-9/h9-10,16H,2-8H2,1H3,(H2,15,21)(H2,17,18,22)/t9-,10+/m1/s1. The number of nitrogens with one attached hydrogen (secondary N) is 3. The van der Waals surface area contributed by atoms with Crippen LogP contribution < -0.4 is 21.7 Å². The van der Waals surface area contributed by atoms with E-state index >= 15 is 0 Å². The van der Waals surface area contributed by atoms with Crippen molar-refractivity contribution in [3.8, 4) is 0 Å². The zero-order valence-corrected chi connectivity index (χ0v) is 13.7. The molecule has 10 heteroatoms. The molecule has 2 heterocycles. The number of primary amides is 1. The molecule has 5 N–H and O–H groups in total. The van der Waals surface area contributed by atoms with Gasteiger partial charge >= 0.3 is 6.03 Å². The van der Waals surface area contributed by atoms with Crippen molar-refractivity contribution in [2.45, 2.75) is 37.8 Å². The second kappa shape index (κ2) is 9.18. The number of hydrogen-bond donors (Lipinski definition) is 4. The maximum Gasteiger partial charge on any atom is 0.315 e. The van der Waals surface area contributed by atoms with Crippen LogP contribution in [0.2, 0.25) is 0 Å². The molecular formula is C14H24N6O4. The highest BCUT2D eigenvalue weighted by Crippen LogP contribution is 2.22. The minimum atomic E-state index is -0.769. The largest absolute Gasteiger partial charge is 0.383 e. The van der Waals surface area contributed by atoms with Gasteiger partial charge in [0, 0.05) is 13.7 Å². The van der Waals surface area contributed by atoms with Crippen LogP contribution >= 0.6 is 0 Å². The van der Waals surface area contributed by atoms with E-state index in [1.165, 1.54) is 7.11 Å². The maximum atomic E-state index is 11.9. The van der Waals surface area contributed by atoms with Gasteiger partial charge in [-0.25, -0.2) is 4.79 Å². The lowest BCUT2D eigenvalue weighted by Gasteiger charge is -2.20. The Morgan fingerprint density at radius 2 is 2.33 bits per heavy atom. The summed E-state index contributed by atoms with van der Waals surface area (Å²) in [6.07, 6.45) is 3.00. The van der Waals surface area contributed by atoms with Crippen molar-refractivity contribution in [1.82, 2.24) is 26.1 Å². The fraction of sp³-hybridized carbons (Fsp3) is 0.714. The molecule has 0 aliphatic carbocycles. The number of ether oxygens (including phenoxy) is 1. The molecule has 0 bridgehead atoms. The van der Waals surface area contributed by atoms with E-state index in [0.717, 1.165) is 25.8 Å². The molecule has 24 heavy (non-hydrogen) atoms. The van der Waals surface area contributed by atoms with Gasteiger partial charge in [-0.05, 0) is 19.4 Å². The molecule has 0 spiro atoms. The Labute approximate surface area is 139 Å². The second-order valence-corrected chi connectivity index (χ2v) is 5.61. The quantitative estimate of drug-likeness (QED) is 0.477. The normalized spacial score (nSPS) is 18.8. The minimum Gasteiger partial charge on any atom is -0.383 e. The number of carbonyl (C=O) groups is 2. The number of methoxy groups -OCH3 is 1. The molecule has 0 aromatic carbocycles. The molecule has 2 rings (SSSR count). The van der Waals surface area contributed by atoms with E-state index in [1.54, 1.807) is 0 Å². The summed E-state index contributed by atoms with van der Waals surface area (Å²) in [4.78, 5) is 27.4. The Balaban J connectivity index is 2.00. The molecule has 1 aliphatic heterocycles. The maximum absolute atomic E-state index is 11.9. The van der Waals surface area contributed by atoms with Gasteiger partial charge in [0.05, 0.1) is 19.1 Å². The summed E-state index contributed by atoms with van der Waals surface area (Å²) < 4.78 is 10.1. The second-order valence-electron chi connectivity index (χ2n) is 5.61. The number of hydrogen-bond acceptors (Lipinski definition) is 7. The fourth-order valence-corrected chi connectivity index (χ4v) is 2.48. The zero-order valence-electron chi connectivity index (χ0n) is 13.7. The number of nitrogens with two attached hydrogens (primary N) is 1. The van der Waals surface area contributed by atoms with Crippen molar-refractivity contribution in [3.63, 3.8) is 0 Å². The van der Waals surface area contributed by atoms with Gasteiger partial charge in [0.2, 0.25) is 11.8 Å². The Morgan fingerprint density at radius 1 is 1.50 bits per heavy atom. The SMILES string of the molecule is COCCNC(=O)N[C@@H](CC(N)=O)c1nc([C@H]2CCCCN2)no1. The van der Waals surface area contributed by atoms with Gasteiger partial charge in [-0.2, -0.15) is 4.98 Å². The van der Waals surface area contributed by atoms with Crippen molar-refractivity contribution < 1.29 is 18.8 Å². The van der Waals surface area contributed by atoms with Gasteiger partial charge in [-0.15, -0.1) is 0 Å². The topological polar surface area (TPSA) is 144 Å². The molecule has 1 aliphatic rings. The third-order valence-electron chi connectivity index (χ3n) is 3.68. The molecular weight excluding hydrogens is 316 g/mol. The predicted octanol–water partition coefficient (Wildman–Crippen LogP) is -0.254. The summed E-state index contributed by atoms with van der Waals surface area (Å²) in [5.41, 5.74) is 5.24. The third-order valence-corrected chi connectivity index (χ3v) is 3.68. The van der Waals surface area contributed by atoms with Gasteiger partial charge in [-0.1, -0.05) is 11.6 Å². The molecule has 1 aromatic heterocycles. The summed E-state index contributed by atoms with van der Waals surface area (Å²) in [6.45, 7) is 1.62. The molecule has 1 aromatic rings. The highest BCUT2D eigenvalue weighted by atomic mass is 16.5.